The minimum atomic E-state index is -0.251. The average molecular weight is 336 g/mol. The highest BCUT2D eigenvalue weighted by Crippen LogP contribution is 2.28. The molecule has 1 heterocycles. The van der Waals surface area contributed by atoms with E-state index in [1.165, 1.54) is 0 Å². The summed E-state index contributed by atoms with van der Waals surface area (Å²) in [4.78, 5) is 16.0. The number of nitrogens with zero attached hydrogens (tertiary/aromatic N) is 1. The van der Waals surface area contributed by atoms with Crippen LogP contribution in [0.15, 0.2) is 36.5 Å². The number of ether oxygens (including phenoxy) is 2. The van der Waals surface area contributed by atoms with Crippen molar-refractivity contribution in [1.29, 1.82) is 0 Å². The Bertz CT molecular complexity index is 679. The molecule has 6 nitrogen and oxygen atoms in total. The van der Waals surface area contributed by atoms with Crippen LogP contribution in [0.2, 0.25) is 5.02 Å². The third kappa shape index (κ3) is 4.84. The molecule has 7 heteroatoms. The minimum Gasteiger partial charge on any atom is -0.495 e. The van der Waals surface area contributed by atoms with Crippen molar-refractivity contribution < 1.29 is 14.3 Å². The van der Waals surface area contributed by atoms with Crippen molar-refractivity contribution in [2.45, 2.75) is 0 Å². The van der Waals surface area contributed by atoms with Crippen molar-refractivity contribution in [2.24, 2.45) is 0 Å². The van der Waals surface area contributed by atoms with E-state index in [0.29, 0.717) is 29.6 Å². The normalized spacial score (nSPS) is 10.2. The number of halogens is 1. The monoisotopic (exact) mass is 335 g/mol. The zero-order valence-electron chi connectivity index (χ0n) is 12.9. The number of anilines is 2. The smallest absolute Gasteiger partial charge is 0.270 e. The number of hydrogen-bond donors (Lipinski definition) is 2. The molecule has 0 fully saturated rings. The van der Waals surface area contributed by atoms with Gasteiger partial charge in [-0.25, -0.2) is 0 Å². The third-order valence-corrected chi connectivity index (χ3v) is 3.32. The minimum absolute atomic E-state index is 0.251. The van der Waals surface area contributed by atoms with Crippen molar-refractivity contribution in [2.75, 3.05) is 32.7 Å². The maximum atomic E-state index is 12.0. The van der Waals surface area contributed by atoms with Crippen LogP contribution in [0.25, 0.3) is 0 Å². The standard InChI is InChI=1S/C16H18ClN3O3/c1-22-8-7-19-16(21)14-10-12(5-6-18-14)20-11-3-4-15(23-2)13(17)9-11/h3-6,9-10H,7-8H2,1-2H3,(H,18,20)(H,19,21). The van der Waals surface area contributed by atoms with Gasteiger partial charge >= 0.3 is 0 Å². The largest absolute Gasteiger partial charge is 0.495 e. The van der Waals surface area contributed by atoms with Crippen molar-refractivity contribution in [3.63, 3.8) is 0 Å². The zero-order valence-corrected chi connectivity index (χ0v) is 13.7. The Balaban J connectivity index is 2.07. The molecule has 1 aromatic carbocycles. The first-order chi connectivity index (χ1) is 11.1. The molecular formula is C16H18ClN3O3. The number of nitrogens with one attached hydrogen (secondary N) is 2. The third-order valence-electron chi connectivity index (χ3n) is 3.02. The van der Waals surface area contributed by atoms with Gasteiger partial charge in [0.15, 0.2) is 0 Å². The molecule has 2 rings (SSSR count). The number of methoxy groups -OCH3 is 2. The number of aromatic nitrogens is 1. The highest BCUT2D eigenvalue weighted by atomic mass is 35.5. The predicted molar refractivity (Wildman–Crippen MR) is 89.7 cm³/mol. The second kappa shape index (κ2) is 8.36. The maximum absolute atomic E-state index is 12.0. The summed E-state index contributed by atoms with van der Waals surface area (Å²) in [6.07, 6.45) is 1.57. The van der Waals surface area contributed by atoms with Crippen LogP contribution < -0.4 is 15.4 Å². The molecule has 0 aliphatic rings. The van der Waals surface area contributed by atoms with Crippen molar-refractivity contribution in [1.82, 2.24) is 10.3 Å². The SMILES string of the molecule is COCCNC(=O)c1cc(Nc2ccc(OC)c(Cl)c2)ccn1. The molecule has 0 unspecified atom stereocenters. The van der Waals surface area contributed by atoms with Gasteiger partial charge in [0.25, 0.3) is 5.91 Å². The fourth-order valence-corrected chi connectivity index (χ4v) is 2.16. The molecule has 0 radical (unpaired) electrons. The number of rotatable bonds is 7. The van der Waals surface area contributed by atoms with E-state index >= 15 is 0 Å². The lowest BCUT2D eigenvalue weighted by Crippen LogP contribution is -2.27. The average Bonchev–Trinajstić information content (AvgIpc) is 2.55. The Morgan fingerprint density at radius 1 is 1.22 bits per heavy atom. The van der Waals surface area contributed by atoms with E-state index < -0.39 is 0 Å². The fraction of sp³-hybridized carbons (Fsp3) is 0.250. The molecule has 0 atom stereocenters. The molecule has 2 aromatic rings. The predicted octanol–water partition coefficient (Wildman–Crippen LogP) is 2.86. The molecule has 2 N–H and O–H groups in total. The number of amides is 1. The summed E-state index contributed by atoms with van der Waals surface area (Å²) in [5, 5.41) is 6.40. The summed E-state index contributed by atoms with van der Waals surface area (Å²) < 4.78 is 10.0. The van der Waals surface area contributed by atoms with E-state index in [1.807, 2.05) is 6.07 Å². The van der Waals surface area contributed by atoms with Gasteiger partial charge in [0.2, 0.25) is 0 Å². The summed E-state index contributed by atoms with van der Waals surface area (Å²) in [5.41, 5.74) is 1.84. The highest BCUT2D eigenvalue weighted by Gasteiger charge is 2.08. The Morgan fingerprint density at radius 3 is 2.70 bits per heavy atom. The summed E-state index contributed by atoms with van der Waals surface area (Å²) >= 11 is 6.10. The van der Waals surface area contributed by atoms with Gasteiger partial charge in [-0.15, -0.1) is 0 Å². The molecule has 0 saturated carbocycles. The first kappa shape index (κ1) is 17.1. The number of carbonyl (C=O) groups is 1. The molecule has 1 aromatic heterocycles. The quantitative estimate of drug-likeness (QED) is 0.761. The number of hydrogen-bond acceptors (Lipinski definition) is 5. The van der Waals surface area contributed by atoms with Gasteiger partial charge in [-0.2, -0.15) is 0 Å². The molecule has 0 aliphatic heterocycles. The van der Waals surface area contributed by atoms with Crippen LogP contribution >= 0.6 is 11.6 Å². The summed E-state index contributed by atoms with van der Waals surface area (Å²) in [6, 6.07) is 8.79. The second-order valence-corrected chi connectivity index (χ2v) is 5.06. The van der Waals surface area contributed by atoms with Crippen molar-refractivity contribution in [3.05, 3.63) is 47.2 Å². The number of benzene rings is 1. The summed E-state index contributed by atoms with van der Waals surface area (Å²) in [5.74, 6) is 0.351. The Morgan fingerprint density at radius 2 is 2.00 bits per heavy atom. The van der Waals surface area contributed by atoms with E-state index in [1.54, 1.807) is 44.7 Å². The van der Waals surface area contributed by atoms with E-state index in [4.69, 9.17) is 21.1 Å². The number of pyridine rings is 1. The van der Waals surface area contributed by atoms with E-state index in [9.17, 15) is 4.79 Å². The lowest BCUT2D eigenvalue weighted by Gasteiger charge is -2.10. The van der Waals surface area contributed by atoms with Crippen LogP contribution in [-0.2, 0) is 4.74 Å². The summed E-state index contributed by atoms with van der Waals surface area (Å²) in [7, 11) is 3.14. The van der Waals surface area contributed by atoms with E-state index in [-0.39, 0.29) is 5.91 Å². The first-order valence-electron chi connectivity index (χ1n) is 6.98. The Kier molecular flexibility index (Phi) is 6.19. The van der Waals surface area contributed by atoms with Crippen LogP contribution in [0.4, 0.5) is 11.4 Å². The molecule has 1 amide bonds. The van der Waals surface area contributed by atoms with Crippen LogP contribution in [-0.4, -0.2) is 38.3 Å². The van der Waals surface area contributed by atoms with Crippen molar-refractivity contribution >= 4 is 28.9 Å². The van der Waals surface area contributed by atoms with Gasteiger partial charge in [-0.1, -0.05) is 11.6 Å². The van der Waals surface area contributed by atoms with Gasteiger partial charge in [-0.05, 0) is 30.3 Å². The molecule has 23 heavy (non-hydrogen) atoms. The molecular weight excluding hydrogens is 318 g/mol. The lowest BCUT2D eigenvalue weighted by atomic mass is 10.2. The van der Waals surface area contributed by atoms with Gasteiger partial charge < -0.3 is 20.1 Å². The van der Waals surface area contributed by atoms with Crippen LogP contribution in [0.1, 0.15) is 10.5 Å². The molecule has 0 bridgehead atoms. The molecule has 0 aliphatic carbocycles. The van der Waals surface area contributed by atoms with Gasteiger partial charge in [-0.3, -0.25) is 9.78 Å². The highest BCUT2D eigenvalue weighted by molar-refractivity contribution is 6.32. The lowest BCUT2D eigenvalue weighted by molar-refractivity contribution is 0.0932. The van der Waals surface area contributed by atoms with Crippen LogP contribution in [0.5, 0.6) is 5.75 Å². The van der Waals surface area contributed by atoms with Crippen LogP contribution in [0.3, 0.4) is 0 Å². The summed E-state index contributed by atoms with van der Waals surface area (Å²) in [6.45, 7) is 0.886. The molecule has 0 spiro atoms. The molecule has 0 saturated heterocycles. The van der Waals surface area contributed by atoms with Gasteiger partial charge in [0.05, 0.1) is 18.7 Å². The van der Waals surface area contributed by atoms with E-state index in [2.05, 4.69) is 15.6 Å². The maximum Gasteiger partial charge on any atom is 0.270 e. The zero-order chi connectivity index (χ0) is 16.7. The topological polar surface area (TPSA) is 72.5 Å². The van der Waals surface area contributed by atoms with Gasteiger partial charge in [0.1, 0.15) is 11.4 Å². The Hall–Kier alpha value is -2.31. The fourth-order valence-electron chi connectivity index (χ4n) is 1.90. The molecule has 122 valence electrons. The van der Waals surface area contributed by atoms with Gasteiger partial charge in [0, 0.05) is 31.2 Å². The Labute approximate surface area is 139 Å². The van der Waals surface area contributed by atoms with E-state index in [0.717, 1.165) is 11.4 Å². The van der Waals surface area contributed by atoms with Crippen molar-refractivity contribution in [3.8, 4) is 5.75 Å². The second-order valence-electron chi connectivity index (χ2n) is 4.65. The first-order valence-corrected chi connectivity index (χ1v) is 7.35. The number of carbonyl (C=O) groups excluding carboxylic acids is 1. The van der Waals surface area contributed by atoms with Crippen LogP contribution in [0, 0.1) is 0 Å².